The Labute approximate surface area is 139 Å². The van der Waals surface area contributed by atoms with E-state index in [0.29, 0.717) is 11.9 Å². The summed E-state index contributed by atoms with van der Waals surface area (Å²) in [7, 11) is 0. The zero-order valence-corrected chi connectivity index (χ0v) is 14.6. The van der Waals surface area contributed by atoms with Crippen molar-refractivity contribution in [3.05, 3.63) is 23.8 Å². The van der Waals surface area contributed by atoms with Crippen LogP contribution in [0.1, 0.15) is 47.5 Å². The lowest BCUT2D eigenvalue weighted by Gasteiger charge is -2.25. The van der Waals surface area contributed by atoms with E-state index >= 15 is 0 Å². The van der Waals surface area contributed by atoms with Gasteiger partial charge in [-0.15, -0.1) is 0 Å². The van der Waals surface area contributed by atoms with Gasteiger partial charge in [-0.25, -0.2) is 13.8 Å². The number of aromatic nitrogens is 2. The number of nitrogens with one attached hydrogen (secondary N) is 1. The third kappa shape index (κ3) is 3.72. The number of carbonyl (C=O) groups is 1. The second-order valence-electron chi connectivity index (χ2n) is 7.27. The number of aliphatic hydroxyl groups is 1. The third-order valence-corrected chi connectivity index (χ3v) is 3.92. The van der Waals surface area contributed by atoms with Crippen molar-refractivity contribution in [1.82, 2.24) is 9.55 Å². The Morgan fingerprint density at radius 1 is 1.25 bits per heavy atom. The van der Waals surface area contributed by atoms with Crippen LogP contribution in [0.5, 0.6) is 0 Å². The summed E-state index contributed by atoms with van der Waals surface area (Å²) in [6, 6.07) is 2.07. The predicted molar refractivity (Wildman–Crippen MR) is 88.8 cm³/mol. The number of anilines is 1. The first-order chi connectivity index (χ1) is 10.9. The maximum Gasteiger partial charge on any atom is 0.229 e. The van der Waals surface area contributed by atoms with Gasteiger partial charge in [0.2, 0.25) is 11.9 Å². The number of hydrogen-bond acceptors (Lipinski definition) is 3. The van der Waals surface area contributed by atoms with Crippen molar-refractivity contribution in [1.29, 1.82) is 0 Å². The van der Waals surface area contributed by atoms with Gasteiger partial charge in [-0.2, -0.15) is 0 Å². The maximum atomic E-state index is 13.6. The summed E-state index contributed by atoms with van der Waals surface area (Å²) in [5.41, 5.74) is -1.00. The van der Waals surface area contributed by atoms with Crippen LogP contribution in [-0.4, -0.2) is 26.2 Å². The Morgan fingerprint density at radius 2 is 1.83 bits per heavy atom. The van der Waals surface area contributed by atoms with Crippen LogP contribution in [0.2, 0.25) is 0 Å². The zero-order chi connectivity index (χ0) is 18.3. The van der Waals surface area contributed by atoms with Gasteiger partial charge < -0.3 is 9.67 Å². The third-order valence-electron chi connectivity index (χ3n) is 3.92. The lowest BCUT2D eigenvalue weighted by molar-refractivity contribution is -0.120. The summed E-state index contributed by atoms with van der Waals surface area (Å²) >= 11 is 0. The maximum absolute atomic E-state index is 13.6. The Balaban J connectivity index is 2.48. The lowest BCUT2D eigenvalue weighted by atomic mass is 9.99. The van der Waals surface area contributed by atoms with Crippen LogP contribution in [0.15, 0.2) is 12.1 Å². The second-order valence-corrected chi connectivity index (χ2v) is 7.27. The van der Waals surface area contributed by atoms with Gasteiger partial charge >= 0.3 is 0 Å². The fourth-order valence-electron chi connectivity index (χ4n) is 2.48. The number of halogens is 2. The molecule has 24 heavy (non-hydrogen) atoms. The van der Waals surface area contributed by atoms with Gasteiger partial charge in [0.05, 0.1) is 23.1 Å². The van der Waals surface area contributed by atoms with Crippen molar-refractivity contribution < 1.29 is 18.7 Å². The molecule has 1 aromatic heterocycles. The number of carbonyl (C=O) groups excluding carboxylic acids is 1. The van der Waals surface area contributed by atoms with Crippen molar-refractivity contribution >= 4 is 22.9 Å². The number of rotatable bonds is 4. The van der Waals surface area contributed by atoms with Crippen LogP contribution < -0.4 is 5.32 Å². The molecule has 0 aliphatic heterocycles. The molecule has 0 spiro atoms. The summed E-state index contributed by atoms with van der Waals surface area (Å²) in [6.07, 6.45) is 0.325. The molecule has 132 valence electrons. The monoisotopic (exact) mass is 339 g/mol. The molecule has 1 atom stereocenters. The van der Waals surface area contributed by atoms with Crippen LogP contribution in [0.25, 0.3) is 11.0 Å². The fourth-order valence-corrected chi connectivity index (χ4v) is 2.48. The summed E-state index contributed by atoms with van der Waals surface area (Å²) in [5.74, 6) is -2.18. The smallest absolute Gasteiger partial charge is 0.229 e. The van der Waals surface area contributed by atoms with Crippen molar-refractivity contribution in [2.45, 2.75) is 58.6 Å². The lowest BCUT2D eigenvalue weighted by Crippen LogP contribution is -2.32. The molecule has 2 rings (SSSR count). The molecule has 1 aromatic carbocycles. The normalized spacial score (nSPS) is 14.7. The SMILES string of the molecule is CCC(C)(O)CC(=O)Nc1nc2cc(F)c(F)cc2n1C(C)(C)C. The van der Waals surface area contributed by atoms with Gasteiger partial charge in [0.15, 0.2) is 11.6 Å². The Hall–Kier alpha value is -2.02. The van der Waals surface area contributed by atoms with Crippen LogP contribution in [0.3, 0.4) is 0 Å². The van der Waals surface area contributed by atoms with Crippen LogP contribution in [0, 0.1) is 11.6 Å². The zero-order valence-electron chi connectivity index (χ0n) is 14.6. The minimum Gasteiger partial charge on any atom is -0.390 e. The predicted octanol–water partition coefficient (Wildman–Crippen LogP) is 3.56. The first kappa shape index (κ1) is 18.3. The van der Waals surface area contributed by atoms with E-state index < -0.39 is 28.7 Å². The molecule has 2 aromatic rings. The largest absolute Gasteiger partial charge is 0.390 e. The van der Waals surface area contributed by atoms with Crippen molar-refractivity contribution in [2.75, 3.05) is 5.32 Å². The molecule has 7 heteroatoms. The molecule has 1 unspecified atom stereocenters. The Bertz CT molecular complexity index is 776. The van der Waals surface area contributed by atoms with E-state index in [1.54, 1.807) is 18.4 Å². The van der Waals surface area contributed by atoms with E-state index in [-0.39, 0.29) is 17.9 Å². The average Bonchev–Trinajstić information content (AvgIpc) is 2.75. The van der Waals surface area contributed by atoms with Gasteiger partial charge in [-0.3, -0.25) is 10.1 Å². The van der Waals surface area contributed by atoms with Crippen molar-refractivity contribution in [2.24, 2.45) is 0 Å². The van der Waals surface area contributed by atoms with Gasteiger partial charge in [-0.05, 0) is 34.1 Å². The summed E-state index contributed by atoms with van der Waals surface area (Å²) in [6.45, 7) is 8.96. The number of fused-ring (bicyclic) bond motifs is 1. The van der Waals surface area contributed by atoms with E-state index in [0.717, 1.165) is 12.1 Å². The minimum absolute atomic E-state index is 0.0976. The molecular formula is C17H23F2N3O2. The number of imidazole rings is 1. The Morgan fingerprint density at radius 3 is 2.38 bits per heavy atom. The van der Waals surface area contributed by atoms with Crippen molar-refractivity contribution in [3.63, 3.8) is 0 Å². The number of nitrogens with zero attached hydrogens (tertiary/aromatic N) is 2. The van der Waals surface area contributed by atoms with Gasteiger partial charge in [0.1, 0.15) is 0 Å². The highest BCUT2D eigenvalue weighted by atomic mass is 19.2. The van der Waals surface area contributed by atoms with Gasteiger partial charge in [0, 0.05) is 17.7 Å². The highest BCUT2D eigenvalue weighted by molar-refractivity contribution is 5.92. The highest BCUT2D eigenvalue weighted by Crippen LogP contribution is 2.30. The van der Waals surface area contributed by atoms with Gasteiger partial charge in [-0.1, -0.05) is 6.92 Å². The quantitative estimate of drug-likeness (QED) is 0.895. The number of amides is 1. The summed E-state index contributed by atoms with van der Waals surface area (Å²) in [4.78, 5) is 16.4. The molecule has 0 aliphatic carbocycles. The molecule has 0 radical (unpaired) electrons. The average molecular weight is 339 g/mol. The first-order valence-corrected chi connectivity index (χ1v) is 7.85. The standard InChI is InChI=1S/C17H23F2N3O2/c1-6-17(5,24)9-14(23)21-15-20-12-7-10(18)11(19)8-13(12)22(15)16(2,3)4/h7-8,24H,6,9H2,1-5H3,(H,20,21,23). The molecule has 0 saturated carbocycles. The van der Waals surface area contributed by atoms with Crippen LogP contribution in [0.4, 0.5) is 14.7 Å². The summed E-state index contributed by atoms with van der Waals surface area (Å²) < 4.78 is 28.7. The molecule has 0 aliphatic rings. The minimum atomic E-state index is -1.12. The summed E-state index contributed by atoms with van der Waals surface area (Å²) in [5, 5.41) is 12.7. The Kier molecular flexibility index (Phi) is 4.68. The molecule has 0 saturated heterocycles. The highest BCUT2D eigenvalue weighted by Gasteiger charge is 2.27. The van der Waals surface area contributed by atoms with Crippen LogP contribution in [-0.2, 0) is 10.3 Å². The molecule has 5 nitrogen and oxygen atoms in total. The molecule has 1 heterocycles. The topological polar surface area (TPSA) is 67.2 Å². The van der Waals surface area contributed by atoms with E-state index in [2.05, 4.69) is 10.3 Å². The van der Waals surface area contributed by atoms with E-state index in [4.69, 9.17) is 0 Å². The van der Waals surface area contributed by atoms with Crippen LogP contribution >= 0.6 is 0 Å². The van der Waals surface area contributed by atoms with E-state index in [9.17, 15) is 18.7 Å². The fraction of sp³-hybridized carbons (Fsp3) is 0.529. The second kappa shape index (κ2) is 6.12. The molecule has 0 fully saturated rings. The molecule has 0 bridgehead atoms. The number of benzene rings is 1. The molecular weight excluding hydrogens is 316 g/mol. The van der Waals surface area contributed by atoms with E-state index in [1.807, 2.05) is 20.8 Å². The number of hydrogen-bond donors (Lipinski definition) is 2. The van der Waals surface area contributed by atoms with Gasteiger partial charge in [0.25, 0.3) is 0 Å². The molecule has 2 N–H and O–H groups in total. The van der Waals surface area contributed by atoms with E-state index in [1.165, 1.54) is 0 Å². The van der Waals surface area contributed by atoms with Crippen molar-refractivity contribution in [3.8, 4) is 0 Å². The molecule has 1 amide bonds. The first-order valence-electron chi connectivity index (χ1n) is 7.85.